The second-order valence-electron chi connectivity index (χ2n) is 3.63. The standard InChI is InChI=1S/C12H9Br.C4H10O/c13-12-9-5-4-8-11(12)10-6-2-1-3-7-10;1-3-5-4-2/h1-9H;3-4H2,1-2H3. The fourth-order valence-electron chi connectivity index (χ4n) is 1.52. The summed E-state index contributed by atoms with van der Waals surface area (Å²) in [7, 11) is 0. The normalized spacial score (nSPS) is 9.50. The van der Waals surface area contributed by atoms with E-state index in [-0.39, 0.29) is 0 Å². The van der Waals surface area contributed by atoms with Crippen LogP contribution in [0.4, 0.5) is 0 Å². The first-order valence-electron chi connectivity index (χ1n) is 6.17. The molecule has 0 bridgehead atoms. The molecule has 0 aliphatic rings. The molecular weight excluding hydrogens is 288 g/mol. The summed E-state index contributed by atoms with van der Waals surface area (Å²) < 4.78 is 5.97. The van der Waals surface area contributed by atoms with Gasteiger partial charge in [-0.25, -0.2) is 0 Å². The molecule has 0 aliphatic heterocycles. The third-order valence-corrected chi connectivity index (χ3v) is 3.06. The van der Waals surface area contributed by atoms with Gasteiger partial charge in [-0.2, -0.15) is 0 Å². The van der Waals surface area contributed by atoms with Gasteiger partial charge in [0, 0.05) is 17.7 Å². The first-order valence-corrected chi connectivity index (χ1v) is 6.96. The van der Waals surface area contributed by atoms with Gasteiger partial charge >= 0.3 is 0 Å². The van der Waals surface area contributed by atoms with Crippen LogP contribution in [0.3, 0.4) is 0 Å². The van der Waals surface area contributed by atoms with Crippen molar-refractivity contribution in [2.24, 2.45) is 0 Å². The lowest BCUT2D eigenvalue weighted by atomic mass is 10.1. The van der Waals surface area contributed by atoms with Crippen molar-refractivity contribution in [3.05, 3.63) is 59.1 Å². The van der Waals surface area contributed by atoms with E-state index in [1.807, 2.05) is 32.0 Å². The Hall–Kier alpha value is -1.12. The maximum absolute atomic E-state index is 4.83. The van der Waals surface area contributed by atoms with Crippen LogP contribution >= 0.6 is 15.9 Å². The van der Waals surface area contributed by atoms with Crippen molar-refractivity contribution >= 4 is 15.9 Å². The van der Waals surface area contributed by atoms with Gasteiger partial charge in [0.05, 0.1) is 0 Å². The Morgan fingerprint density at radius 1 is 0.833 bits per heavy atom. The van der Waals surface area contributed by atoms with E-state index in [1.54, 1.807) is 0 Å². The lowest BCUT2D eigenvalue weighted by molar-refractivity contribution is 0.162. The molecule has 0 aliphatic carbocycles. The average molecular weight is 307 g/mol. The minimum absolute atomic E-state index is 0.844. The van der Waals surface area contributed by atoms with Crippen LogP contribution in [0.1, 0.15) is 13.8 Å². The third-order valence-electron chi connectivity index (χ3n) is 2.37. The first-order chi connectivity index (χ1) is 8.79. The van der Waals surface area contributed by atoms with Crippen molar-refractivity contribution in [1.82, 2.24) is 0 Å². The summed E-state index contributed by atoms with van der Waals surface area (Å²) in [5.74, 6) is 0. The Morgan fingerprint density at radius 3 is 1.89 bits per heavy atom. The molecule has 2 aromatic carbocycles. The van der Waals surface area contributed by atoms with Crippen LogP contribution in [-0.2, 0) is 4.74 Å². The zero-order valence-electron chi connectivity index (χ0n) is 10.9. The maximum Gasteiger partial charge on any atom is 0.0437 e. The molecule has 0 atom stereocenters. The highest BCUT2D eigenvalue weighted by molar-refractivity contribution is 9.10. The van der Waals surface area contributed by atoms with E-state index >= 15 is 0 Å². The molecule has 0 spiro atoms. The zero-order chi connectivity index (χ0) is 13.2. The van der Waals surface area contributed by atoms with E-state index in [9.17, 15) is 0 Å². The fourth-order valence-corrected chi connectivity index (χ4v) is 2.03. The van der Waals surface area contributed by atoms with Gasteiger partial charge in [-0.05, 0) is 31.0 Å². The molecular formula is C16H19BrO. The number of ether oxygens (including phenoxy) is 1. The van der Waals surface area contributed by atoms with Gasteiger partial charge in [0.15, 0.2) is 0 Å². The number of rotatable bonds is 3. The van der Waals surface area contributed by atoms with Gasteiger partial charge in [-0.3, -0.25) is 0 Å². The van der Waals surface area contributed by atoms with Crippen molar-refractivity contribution in [2.45, 2.75) is 13.8 Å². The minimum atomic E-state index is 0.844. The van der Waals surface area contributed by atoms with Crippen molar-refractivity contribution in [1.29, 1.82) is 0 Å². The molecule has 0 radical (unpaired) electrons. The maximum atomic E-state index is 4.83. The summed E-state index contributed by atoms with van der Waals surface area (Å²) in [6.07, 6.45) is 0. The van der Waals surface area contributed by atoms with Crippen molar-refractivity contribution in [3.63, 3.8) is 0 Å². The molecule has 1 nitrogen and oxygen atoms in total. The van der Waals surface area contributed by atoms with Crippen LogP contribution in [0.5, 0.6) is 0 Å². The van der Waals surface area contributed by atoms with Crippen molar-refractivity contribution in [3.8, 4) is 11.1 Å². The number of benzene rings is 2. The second kappa shape index (κ2) is 8.90. The molecule has 2 rings (SSSR count). The molecule has 2 heteroatoms. The van der Waals surface area contributed by atoms with Gasteiger partial charge in [-0.1, -0.05) is 64.5 Å². The molecule has 0 saturated carbocycles. The average Bonchev–Trinajstić information content (AvgIpc) is 2.42. The quantitative estimate of drug-likeness (QED) is 0.761. The van der Waals surface area contributed by atoms with Crippen LogP contribution in [0.2, 0.25) is 0 Å². The number of hydrogen-bond acceptors (Lipinski definition) is 1. The number of hydrogen-bond donors (Lipinski definition) is 0. The molecule has 0 unspecified atom stereocenters. The Kier molecular flexibility index (Phi) is 7.38. The third kappa shape index (κ3) is 5.03. The summed E-state index contributed by atoms with van der Waals surface area (Å²) in [6.45, 7) is 5.67. The molecule has 18 heavy (non-hydrogen) atoms. The zero-order valence-corrected chi connectivity index (χ0v) is 12.5. The lowest BCUT2D eigenvalue weighted by Gasteiger charge is -2.02. The van der Waals surface area contributed by atoms with Crippen LogP contribution in [-0.4, -0.2) is 13.2 Å². The van der Waals surface area contributed by atoms with Crippen LogP contribution < -0.4 is 0 Å². The molecule has 0 aromatic heterocycles. The summed E-state index contributed by atoms with van der Waals surface area (Å²) in [5, 5.41) is 0. The van der Waals surface area contributed by atoms with Crippen LogP contribution in [0, 0.1) is 0 Å². The van der Waals surface area contributed by atoms with E-state index in [2.05, 4.69) is 52.3 Å². The van der Waals surface area contributed by atoms with E-state index in [0.717, 1.165) is 17.7 Å². The Bertz CT molecular complexity index is 438. The van der Waals surface area contributed by atoms with E-state index in [0.29, 0.717) is 0 Å². The van der Waals surface area contributed by atoms with Crippen molar-refractivity contribution < 1.29 is 4.74 Å². The van der Waals surface area contributed by atoms with Gasteiger partial charge in [0.1, 0.15) is 0 Å². The Morgan fingerprint density at radius 2 is 1.39 bits per heavy atom. The smallest absolute Gasteiger partial charge is 0.0437 e. The molecule has 2 aromatic rings. The highest BCUT2D eigenvalue weighted by Gasteiger charge is 1.99. The van der Waals surface area contributed by atoms with E-state index < -0.39 is 0 Å². The number of halogens is 1. The molecule has 96 valence electrons. The monoisotopic (exact) mass is 306 g/mol. The molecule has 0 fully saturated rings. The van der Waals surface area contributed by atoms with Crippen molar-refractivity contribution in [2.75, 3.05) is 13.2 Å². The van der Waals surface area contributed by atoms with E-state index in [1.165, 1.54) is 11.1 Å². The molecule has 0 heterocycles. The predicted molar refractivity (Wildman–Crippen MR) is 81.7 cm³/mol. The minimum Gasteiger partial charge on any atom is -0.382 e. The fraction of sp³-hybridized carbons (Fsp3) is 0.250. The topological polar surface area (TPSA) is 9.23 Å². The van der Waals surface area contributed by atoms with Gasteiger partial charge < -0.3 is 4.74 Å². The summed E-state index contributed by atoms with van der Waals surface area (Å²) in [5.41, 5.74) is 2.48. The lowest BCUT2D eigenvalue weighted by Crippen LogP contribution is -1.84. The summed E-state index contributed by atoms with van der Waals surface area (Å²) >= 11 is 3.53. The SMILES string of the molecule is Brc1ccccc1-c1ccccc1.CCOCC. The largest absolute Gasteiger partial charge is 0.382 e. The van der Waals surface area contributed by atoms with E-state index in [4.69, 9.17) is 4.74 Å². The predicted octanol–water partition coefficient (Wildman–Crippen LogP) is 5.16. The Balaban J connectivity index is 0.000000280. The highest BCUT2D eigenvalue weighted by atomic mass is 79.9. The summed E-state index contributed by atoms with van der Waals surface area (Å²) in [6, 6.07) is 18.6. The summed E-state index contributed by atoms with van der Waals surface area (Å²) in [4.78, 5) is 0. The highest BCUT2D eigenvalue weighted by Crippen LogP contribution is 2.27. The molecule has 0 N–H and O–H groups in total. The van der Waals surface area contributed by atoms with Crippen LogP contribution in [0.25, 0.3) is 11.1 Å². The van der Waals surface area contributed by atoms with Gasteiger partial charge in [0.2, 0.25) is 0 Å². The molecule has 0 amide bonds. The van der Waals surface area contributed by atoms with Gasteiger partial charge in [0.25, 0.3) is 0 Å². The van der Waals surface area contributed by atoms with Crippen LogP contribution in [0.15, 0.2) is 59.1 Å². The Labute approximate surface area is 118 Å². The molecule has 0 saturated heterocycles. The second-order valence-corrected chi connectivity index (χ2v) is 4.48. The first kappa shape index (κ1) is 14.9. The van der Waals surface area contributed by atoms with Gasteiger partial charge in [-0.15, -0.1) is 0 Å².